The van der Waals surface area contributed by atoms with Crippen molar-refractivity contribution in [1.29, 1.82) is 0 Å². The van der Waals surface area contributed by atoms with Gasteiger partial charge < -0.3 is 14.7 Å². The molecule has 0 atom stereocenters. The van der Waals surface area contributed by atoms with Gasteiger partial charge in [-0.25, -0.2) is 4.79 Å². The van der Waals surface area contributed by atoms with Gasteiger partial charge in [-0.15, -0.1) is 0 Å². The van der Waals surface area contributed by atoms with Crippen LogP contribution in [0.5, 0.6) is 0 Å². The standard InChI is InChI=1S/C19H22N6O2/c1-13-11-20-25(12-13)15-7-9-24(10-8-15)19(26)22-17-6-4-3-5-16(17)18-21-14(2)27-23-18/h3-6,11-12,15H,7-10H2,1-2H3,(H,22,26). The molecule has 2 aromatic heterocycles. The lowest BCUT2D eigenvalue weighted by atomic mass is 10.1. The molecule has 0 spiro atoms. The number of carbonyl (C=O) groups excluding carboxylic acids is 1. The van der Waals surface area contributed by atoms with Crippen molar-refractivity contribution >= 4 is 11.7 Å². The van der Waals surface area contributed by atoms with Crippen LogP contribution in [0.2, 0.25) is 0 Å². The van der Waals surface area contributed by atoms with E-state index in [-0.39, 0.29) is 6.03 Å². The Bertz CT molecular complexity index is 939. The third kappa shape index (κ3) is 3.69. The van der Waals surface area contributed by atoms with Gasteiger partial charge in [0.1, 0.15) is 0 Å². The molecule has 8 nitrogen and oxygen atoms in total. The number of rotatable bonds is 3. The van der Waals surface area contributed by atoms with Crippen LogP contribution in [0.15, 0.2) is 41.2 Å². The number of amides is 2. The van der Waals surface area contributed by atoms with Crippen LogP contribution in [0, 0.1) is 13.8 Å². The number of para-hydroxylation sites is 1. The van der Waals surface area contributed by atoms with Crippen LogP contribution in [-0.2, 0) is 0 Å². The van der Waals surface area contributed by atoms with Gasteiger partial charge in [0.05, 0.1) is 17.9 Å². The number of aryl methyl sites for hydroxylation is 2. The Morgan fingerprint density at radius 2 is 2.00 bits per heavy atom. The maximum Gasteiger partial charge on any atom is 0.321 e. The maximum absolute atomic E-state index is 12.7. The monoisotopic (exact) mass is 366 g/mol. The molecule has 1 saturated heterocycles. The predicted molar refractivity (Wildman–Crippen MR) is 100 cm³/mol. The van der Waals surface area contributed by atoms with Crippen molar-refractivity contribution in [1.82, 2.24) is 24.8 Å². The summed E-state index contributed by atoms with van der Waals surface area (Å²) in [5.41, 5.74) is 2.57. The fourth-order valence-corrected chi connectivity index (χ4v) is 3.36. The Morgan fingerprint density at radius 1 is 1.22 bits per heavy atom. The zero-order valence-corrected chi connectivity index (χ0v) is 15.4. The van der Waals surface area contributed by atoms with E-state index in [0.717, 1.165) is 24.0 Å². The molecule has 0 bridgehead atoms. The first-order valence-corrected chi connectivity index (χ1v) is 9.06. The molecule has 0 saturated carbocycles. The van der Waals surface area contributed by atoms with E-state index in [1.807, 2.05) is 47.0 Å². The first kappa shape index (κ1) is 17.3. The Labute approximate surface area is 157 Å². The van der Waals surface area contributed by atoms with Crippen LogP contribution in [0.1, 0.15) is 30.3 Å². The van der Waals surface area contributed by atoms with E-state index >= 15 is 0 Å². The minimum Gasteiger partial charge on any atom is -0.339 e. The zero-order chi connectivity index (χ0) is 18.8. The van der Waals surface area contributed by atoms with E-state index in [1.54, 1.807) is 6.92 Å². The van der Waals surface area contributed by atoms with Crippen LogP contribution >= 0.6 is 0 Å². The number of piperidine rings is 1. The molecule has 4 rings (SSSR count). The summed E-state index contributed by atoms with van der Waals surface area (Å²) in [4.78, 5) is 18.8. The molecule has 2 amide bonds. The predicted octanol–water partition coefficient (Wildman–Crippen LogP) is 3.42. The fourth-order valence-electron chi connectivity index (χ4n) is 3.36. The third-order valence-electron chi connectivity index (χ3n) is 4.79. The minimum absolute atomic E-state index is 0.113. The number of aromatic nitrogens is 4. The van der Waals surface area contributed by atoms with Crippen LogP contribution in [0.4, 0.5) is 10.5 Å². The normalized spacial score (nSPS) is 15.1. The molecule has 1 N–H and O–H groups in total. The highest BCUT2D eigenvalue weighted by atomic mass is 16.5. The van der Waals surface area contributed by atoms with Crippen molar-refractivity contribution < 1.29 is 9.32 Å². The van der Waals surface area contributed by atoms with E-state index in [0.29, 0.717) is 36.5 Å². The quantitative estimate of drug-likeness (QED) is 0.767. The van der Waals surface area contributed by atoms with Gasteiger partial charge in [0.25, 0.3) is 0 Å². The molecule has 3 aromatic rings. The largest absolute Gasteiger partial charge is 0.339 e. The molecule has 0 unspecified atom stereocenters. The number of carbonyl (C=O) groups is 1. The van der Waals surface area contributed by atoms with Crippen LogP contribution < -0.4 is 5.32 Å². The molecule has 3 heterocycles. The summed E-state index contributed by atoms with van der Waals surface area (Å²) in [6, 6.07) is 7.70. The van der Waals surface area contributed by atoms with Crippen molar-refractivity contribution in [2.24, 2.45) is 0 Å². The first-order chi connectivity index (χ1) is 13.1. The van der Waals surface area contributed by atoms with Crippen molar-refractivity contribution in [2.45, 2.75) is 32.7 Å². The van der Waals surface area contributed by atoms with E-state index in [2.05, 4.69) is 26.8 Å². The molecule has 1 fully saturated rings. The highest BCUT2D eigenvalue weighted by molar-refractivity contribution is 5.93. The van der Waals surface area contributed by atoms with Gasteiger partial charge in [-0.3, -0.25) is 4.68 Å². The summed E-state index contributed by atoms with van der Waals surface area (Å²) in [5.74, 6) is 0.957. The van der Waals surface area contributed by atoms with Gasteiger partial charge >= 0.3 is 6.03 Å². The Hall–Kier alpha value is -3.16. The van der Waals surface area contributed by atoms with E-state index in [4.69, 9.17) is 4.52 Å². The molecular weight excluding hydrogens is 344 g/mol. The van der Waals surface area contributed by atoms with Gasteiger partial charge in [-0.1, -0.05) is 17.3 Å². The number of anilines is 1. The number of hydrogen-bond donors (Lipinski definition) is 1. The molecule has 0 radical (unpaired) electrons. The lowest BCUT2D eigenvalue weighted by Crippen LogP contribution is -2.41. The topological polar surface area (TPSA) is 89.1 Å². The highest BCUT2D eigenvalue weighted by Crippen LogP contribution is 2.27. The molecule has 1 aliphatic rings. The zero-order valence-electron chi connectivity index (χ0n) is 15.4. The summed E-state index contributed by atoms with van der Waals surface area (Å²) in [6.07, 6.45) is 5.71. The average Bonchev–Trinajstić information content (AvgIpc) is 3.31. The minimum atomic E-state index is -0.113. The summed E-state index contributed by atoms with van der Waals surface area (Å²) in [5, 5.41) is 11.3. The second-order valence-electron chi connectivity index (χ2n) is 6.83. The number of benzene rings is 1. The van der Waals surface area contributed by atoms with Gasteiger partial charge in [-0.2, -0.15) is 10.1 Å². The second kappa shape index (κ2) is 7.22. The lowest BCUT2D eigenvalue weighted by molar-refractivity contribution is 0.180. The SMILES string of the molecule is Cc1cnn(C2CCN(C(=O)Nc3ccccc3-c3noc(C)n3)CC2)c1. The summed E-state index contributed by atoms with van der Waals surface area (Å²) < 4.78 is 7.07. The third-order valence-corrected chi connectivity index (χ3v) is 4.79. The molecule has 1 aliphatic heterocycles. The van der Waals surface area contributed by atoms with Crippen molar-refractivity contribution in [2.75, 3.05) is 18.4 Å². The van der Waals surface area contributed by atoms with E-state index in [1.165, 1.54) is 0 Å². The van der Waals surface area contributed by atoms with Crippen molar-refractivity contribution in [3.8, 4) is 11.4 Å². The average molecular weight is 366 g/mol. The first-order valence-electron chi connectivity index (χ1n) is 9.06. The number of nitrogens with zero attached hydrogens (tertiary/aromatic N) is 5. The van der Waals surface area contributed by atoms with E-state index in [9.17, 15) is 4.79 Å². The smallest absolute Gasteiger partial charge is 0.321 e. The Balaban J connectivity index is 1.42. The Morgan fingerprint density at radius 3 is 2.67 bits per heavy atom. The Kier molecular flexibility index (Phi) is 4.62. The molecular formula is C19H22N6O2. The van der Waals surface area contributed by atoms with Crippen molar-refractivity contribution in [3.05, 3.63) is 48.1 Å². The fraction of sp³-hybridized carbons (Fsp3) is 0.368. The second-order valence-corrected chi connectivity index (χ2v) is 6.83. The lowest BCUT2D eigenvalue weighted by Gasteiger charge is -2.32. The van der Waals surface area contributed by atoms with Crippen LogP contribution in [0.25, 0.3) is 11.4 Å². The summed E-state index contributed by atoms with van der Waals surface area (Å²) in [7, 11) is 0. The van der Waals surface area contributed by atoms with Gasteiger partial charge in [-0.05, 0) is 37.5 Å². The molecule has 1 aromatic carbocycles. The maximum atomic E-state index is 12.7. The highest BCUT2D eigenvalue weighted by Gasteiger charge is 2.25. The molecule has 140 valence electrons. The summed E-state index contributed by atoms with van der Waals surface area (Å²) >= 11 is 0. The van der Waals surface area contributed by atoms with Crippen LogP contribution in [0.3, 0.4) is 0 Å². The van der Waals surface area contributed by atoms with Gasteiger partial charge in [0.15, 0.2) is 0 Å². The van der Waals surface area contributed by atoms with E-state index < -0.39 is 0 Å². The molecule has 8 heteroatoms. The number of nitrogens with one attached hydrogen (secondary N) is 1. The summed E-state index contributed by atoms with van der Waals surface area (Å²) in [6.45, 7) is 5.16. The number of urea groups is 1. The van der Waals surface area contributed by atoms with Crippen LogP contribution in [-0.4, -0.2) is 43.9 Å². The molecule has 27 heavy (non-hydrogen) atoms. The van der Waals surface area contributed by atoms with Gasteiger partial charge in [0, 0.05) is 31.8 Å². The number of likely N-dealkylation sites (tertiary alicyclic amines) is 1. The van der Waals surface area contributed by atoms with Gasteiger partial charge in [0.2, 0.25) is 11.7 Å². The molecule has 0 aliphatic carbocycles. The number of hydrogen-bond acceptors (Lipinski definition) is 5. The van der Waals surface area contributed by atoms with Crippen molar-refractivity contribution in [3.63, 3.8) is 0 Å².